The highest BCUT2D eigenvalue weighted by atomic mass is 35.5. The molecular weight excluding hydrogens is 279 g/mol. The van der Waals surface area contributed by atoms with Gasteiger partial charge in [0.25, 0.3) is 0 Å². The third kappa shape index (κ3) is 5.22. The molecule has 0 N–H and O–H groups in total. The van der Waals surface area contributed by atoms with Crippen LogP contribution in [0.3, 0.4) is 0 Å². The van der Waals surface area contributed by atoms with Gasteiger partial charge in [-0.25, -0.2) is 9.97 Å². The minimum absolute atomic E-state index is 0.00631. The molecule has 0 aliphatic carbocycles. The third-order valence-electron chi connectivity index (χ3n) is 2.40. The lowest BCUT2D eigenvalue weighted by molar-refractivity contribution is -0.119. The molecule has 0 saturated carbocycles. The maximum Gasteiger partial charge on any atom is 0.405 e. The van der Waals surface area contributed by atoms with E-state index in [-0.39, 0.29) is 23.4 Å². The maximum atomic E-state index is 12.6. The molecule has 19 heavy (non-hydrogen) atoms. The molecule has 1 rings (SSSR count). The summed E-state index contributed by atoms with van der Waals surface area (Å²) >= 11 is 5.85. The van der Waals surface area contributed by atoms with Crippen LogP contribution in [0.4, 0.5) is 19.0 Å². The molecule has 0 fully saturated rings. The Morgan fingerprint density at radius 2 is 1.95 bits per heavy atom. The Morgan fingerprint density at radius 1 is 1.32 bits per heavy atom. The van der Waals surface area contributed by atoms with Crippen molar-refractivity contribution in [2.24, 2.45) is 0 Å². The lowest BCUT2D eigenvalue weighted by Gasteiger charge is -2.25. The van der Waals surface area contributed by atoms with Crippen molar-refractivity contribution in [3.8, 4) is 0 Å². The normalized spacial score (nSPS) is 12.0. The van der Waals surface area contributed by atoms with Gasteiger partial charge in [0.2, 0.25) is 0 Å². The van der Waals surface area contributed by atoms with Crippen LogP contribution in [0.25, 0.3) is 0 Å². The summed E-state index contributed by atoms with van der Waals surface area (Å²) in [6.07, 6.45) is -3.68. The molecule has 1 aromatic rings. The van der Waals surface area contributed by atoms with Crippen LogP contribution in [0.2, 0.25) is 5.15 Å². The number of alkyl halides is 3. The van der Waals surface area contributed by atoms with Crippen LogP contribution in [0.1, 0.15) is 38.9 Å². The van der Waals surface area contributed by atoms with E-state index < -0.39 is 12.7 Å². The van der Waals surface area contributed by atoms with Crippen molar-refractivity contribution in [2.75, 3.05) is 18.0 Å². The van der Waals surface area contributed by atoms with E-state index in [1.54, 1.807) is 0 Å². The topological polar surface area (TPSA) is 29.0 Å². The molecule has 0 radical (unpaired) electrons. The first-order chi connectivity index (χ1) is 8.73. The summed E-state index contributed by atoms with van der Waals surface area (Å²) < 4.78 is 37.7. The van der Waals surface area contributed by atoms with Crippen LogP contribution in [-0.2, 0) is 0 Å². The van der Waals surface area contributed by atoms with E-state index >= 15 is 0 Å². The molecule has 0 unspecified atom stereocenters. The summed E-state index contributed by atoms with van der Waals surface area (Å²) in [5.41, 5.74) is 0. The molecule has 0 saturated heterocycles. The molecule has 108 valence electrons. The number of anilines is 1. The second-order valence-electron chi connectivity index (χ2n) is 4.60. The summed E-state index contributed by atoms with van der Waals surface area (Å²) in [6, 6.07) is 1.37. The SMILES string of the molecule is CCCN(CC(F)(F)F)c1cc(Cl)nc(C(C)C)n1. The van der Waals surface area contributed by atoms with E-state index in [1.165, 1.54) is 11.0 Å². The molecular formula is C12H17ClF3N3. The van der Waals surface area contributed by atoms with Crippen LogP contribution in [0.5, 0.6) is 0 Å². The Bertz CT molecular complexity index is 421. The molecule has 0 spiro atoms. The molecule has 0 bridgehead atoms. The second kappa shape index (κ2) is 6.41. The molecule has 0 amide bonds. The molecule has 1 heterocycles. The lowest BCUT2D eigenvalue weighted by Crippen LogP contribution is -2.35. The van der Waals surface area contributed by atoms with E-state index in [9.17, 15) is 13.2 Å². The van der Waals surface area contributed by atoms with Crippen LogP contribution >= 0.6 is 11.6 Å². The van der Waals surface area contributed by atoms with Gasteiger partial charge in [0.05, 0.1) is 0 Å². The van der Waals surface area contributed by atoms with Gasteiger partial charge in [0.1, 0.15) is 23.3 Å². The van der Waals surface area contributed by atoms with E-state index in [0.29, 0.717) is 12.2 Å². The smallest absolute Gasteiger partial charge is 0.347 e. The zero-order valence-electron chi connectivity index (χ0n) is 11.1. The standard InChI is InChI=1S/C12H17ClF3N3/c1-4-5-19(7-12(14,15)16)10-6-9(13)17-11(18-10)8(2)3/h6,8H,4-5,7H2,1-3H3. The molecule has 1 aromatic heterocycles. The van der Waals surface area contributed by atoms with Gasteiger partial charge in [-0.15, -0.1) is 0 Å². The van der Waals surface area contributed by atoms with E-state index in [1.807, 2.05) is 20.8 Å². The number of nitrogens with zero attached hydrogens (tertiary/aromatic N) is 3. The summed E-state index contributed by atoms with van der Waals surface area (Å²) in [6.45, 7) is 4.78. The van der Waals surface area contributed by atoms with Crippen LogP contribution < -0.4 is 4.90 Å². The zero-order chi connectivity index (χ0) is 14.6. The van der Waals surface area contributed by atoms with Crippen molar-refractivity contribution in [1.82, 2.24) is 9.97 Å². The van der Waals surface area contributed by atoms with Crippen molar-refractivity contribution >= 4 is 17.4 Å². The first-order valence-electron chi connectivity index (χ1n) is 6.09. The maximum absolute atomic E-state index is 12.6. The summed E-state index contributed by atoms with van der Waals surface area (Å²) in [5.74, 6) is 0.681. The number of halogens is 4. The third-order valence-corrected chi connectivity index (χ3v) is 2.60. The van der Waals surface area contributed by atoms with Gasteiger partial charge < -0.3 is 4.90 Å². The zero-order valence-corrected chi connectivity index (χ0v) is 11.9. The molecule has 7 heteroatoms. The number of hydrogen-bond donors (Lipinski definition) is 0. The highest BCUT2D eigenvalue weighted by Crippen LogP contribution is 2.24. The monoisotopic (exact) mass is 295 g/mol. The van der Waals surface area contributed by atoms with Crippen molar-refractivity contribution in [3.63, 3.8) is 0 Å². The average molecular weight is 296 g/mol. The minimum Gasteiger partial charge on any atom is -0.347 e. The summed E-state index contributed by atoms with van der Waals surface area (Å²) in [5, 5.41) is 0.164. The predicted octanol–water partition coefficient (Wildman–Crippen LogP) is 4.03. The van der Waals surface area contributed by atoms with Gasteiger partial charge in [-0.1, -0.05) is 32.4 Å². The van der Waals surface area contributed by atoms with Gasteiger partial charge in [-0.3, -0.25) is 0 Å². The fourth-order valence-corrected chi connectivity index (χ4v) is 1.79. The van der Waals surface area contributed by atoms with Crippen molar-refractivity contribution < 1.29 is 13.2 Å². The first-order valence-corrected chi connectivity index (χ1v) is 6.47. The van der Waals surface area contributed by atoms with E-state index in [0.717, 1.165) is 0 Å². The second-order valence-corrected chi connectivity index (χ2v) is 4.99. The predicted molar refractivity (Wildman–Crippen MR) is 69.7 cm³/mol. The van der Waals surface area contributed by atoms with E-state index in [4.69, 9.17) is 11.6 Å². The van der Waals surface area contributed by atoms with Crippen LogP contribution in [-0.4, -0.2) is 29.2 Å². The minimum atomic E-state index is -4.27. The average Bonchev–Trinajstić information content (AvgIpc) is 2.25. The van der Waals surface area contributed by atoms with E-state index in [2.05, 4.69) is 9.97 Å². The molecule has 0 aliphatic rings. The highest BCUT2D eigenvalue weighted by Gasteiger charge is 2.31. The highest BCUT2D eigenvalue weighted by molar-refractivity contribution is 6.29. The molecule has 3 nitrogen and oxygen atoms in total. The van der Waals surface area contributed by atoms with Crippen molar-refractivity contribution in [3.05, 3.63) is 17.0 Å². The van der Waals surface area contributed by atoms with Gasteiger partial charge in [0.15, 0.2) is 0 Å². The quantitative estimate of drug-likeness (QED) is 0.768. The fraction of sp³-hybridized carbons (Fsp3) is 0.667. The summed E-state index contributed by atoms with van der Waals surface area (Å²) in [7, 11) is 0. The van der Waals surface area contributed by atoms with Crippen LogP contribution in [0, 0.1) is 0 Å². The Balaban J connectivity index is 3.07. The van der Waals surface area contributed by atoms with Crippen molar-refractivity contribution in [2.45, 2.75) is 39.3 Å². The summed E-state index contributed by atoms with van der Waals surface area (Å²) in [4.78, 5) is 9.37. The number of aromatic nitrogens is 2. The Labute approximate surface area is 115 Å². The molecule has 0 aromatic carbocycles. The van der Waals surface area contributed by atoms with Gasteiger partial charge in [-0.05, 0) is 6.42 Å². The fourth-order valence-electron chi connectivity index (χ4n) is 1.60. The van der Waals surface area contributed by atoms with Crippen molar-refractivity contribution in [1.29, 1.82) is 0 Å². The number of rotatable bonds is 5. The Kier molecular flexibility index (Phi) is 5.40. The molecule has 0 aliphatic heterocycles. The number of hydrogen-bond acceptors (Lipinski definition) is 3. The first kappa shape index (κ1) is 16.0. The van der Waals surface area contributed by atoms with Gasteiger partial charge in [-0.2, -0.15) is 13.2 Å². The largest absolute Gasteiger partial charge is 0.405 e. The Morgan fingerprint density at radius 3 is 2.42 bits per heavy atom. The van der Waals surface area contributed by atoms with Gasteiger partial charge in [0, 0.05) is 18.5 Å². The lowest BCUT2D eigenvalue weighted by atomic mass is 10.2. The Hall–Kier alpha value is -1.04. The molecule has 0 atom stereocenters. The van der Waals surface area contributed by atoms with Crippen LogP contribution in [0.15, 0.2) is 6.07 Å². The van der Waals surface area contributed by atoms with Gasteiger partial charge >= 0.3 is 6.18 Å².